The number of esters is 1. The Balaban J connectivity index is 2.82. The van der Waals surface area contributed by atoms with Crippen LogP contribution in [0.1, 0.15) is 34.1 Å². The van der Waals surface area contributed by atoms with Crippen LogP contribution >= 0.6 is 0 Å². The Labute approximate surface area is 174 Å². The zero-order valence-corrected chi connectivity index (χ0v) is 17.7. The van der Waals surface area contributed by atoms with Gasteiger partial charge in [0.15, 0.2) is 18.1 Å². The second kappa shape index (κ2) is 10.9. The van der Waals surface area contributed by atoms with Gasteiger partial charge in [0, 0.05) is 6.04 Å². The van der Waals surface area contributed by atoms with Gasteiger partial charge < -0.3 is 23.8 Å². The lowest BCUT2D eigenvalue weighted by molar-refractivity contribution is -0.153. The van der Waals surface area contributed by atoms with Crippen molar-refractivity contribution in [1.82, 2.24) is 4.90 Å². The maximum Gasteiger partial charge on any atom is 0.422 e. The molecule has 0 N–H and O–H groups in total. The smallest absolute Gasteiger partial charge is 0.422 e. The summed E-state index contributed by atoms with van der Waals surface area (Å²) in [6.45, 7) is 5.29. The molecule has 1 aromatic rings. The number of rotatable bonds is 9. The van der Waals surface area contributed by atoms with E-state index in [0.29, 0.717) is 0 Å². The molecule has 1 aromatic carbocycles. The van der Waals surface area contributed by atoms with Gasteiger partial charge in [-0.3, -0.25) is 4.79 Å². The lowest BCUT2D eigenvalue weighted by atomic mass is 10.2. The summed E-state index contributed by atoms with van der Waals surface area (Å²) in [4.78, 5) is 25.4. The van der Waals surface area contributed by atoms with Gasteiger partial charge in [0.05, 0.1) is 20.1 Å². The molecule has 0 fully saturated rings. The molecule has 30 heavy (non-hydrogen) atoms. The highest BCUT2D eigenvalue weighted by atomic mass is 19.4. The van der Waals surface area contributed by atoms with Crippen LogP contribution in [0.4, 0.5) is 18.0 Å². The minimum Gasteiger partial charge on any atom is -0.488 e. The van der Waals surface area contributed by atoms with Crippen LogP contribution < -0.4 is 9.47 Å². The van der Waals surface area contributed by atoms with Crippen molar-refractivity contribution in [2.24, 2.45) is 0 Å². The first kappa shape index (κ1) is 25.4. The molecule has 0 aliphatic carbocycles. The Kier molecular flexibility index (Phi) is 9.25. The highest BCUT2D eigenvalue weighted by molar-refractivity contribution is 5.72. The maximum atomic E-state index is 12.5. The largest absolute Gasteiger partial charge is 0.488 e. The molecule has 1 atom stereocenters. The Hall–Kier alpha value is -2.65. The van der Waals surface area contributed by atoms with Gasteiger partial charge in [-0.1, -0.05) is 12.1 Å². The lowest BCUT2D eigenvalue weighted by Crippen LogP contribution is -2.45. The molecular weight excluding hydrogens is 407 g/mol. The summed E-state index contributed by atoms with van der Waals surface area (Å²) in [7, 11) is 1.24. The Bertz CT molecular complexity index is 703. The molecule has 0 radical (unpaired) electrons. The van der Waals surface area contributed by atoms with Crippen LogP contribution in [0, 0.1) is 0 Å². The van der Waals surface area contributed by atoms with Gasteiger partial charge in [-0.15, -0.1) is 0 Å². The van der Waals surface area contributed by atoms with E-state index in [4.69, 9.17) is 14.2 Å². The average molecular weight is 435 g/mol. The Morgan fingerprint density at radius 1 is 1.07 bits per heavy atom. The van der Waals surface area contributed by atoms with Crippen molar-refractivity contribution in [3.05, 3.63) is 24.3 Å². The van der Waals surface area contributed by atoms with E-state index >= 15 is 0 Å². The summed E-state index contributed by atoms with van der Waals surface area (Å²) in [5.41, 5.74) is -0.751. The molecule has 0 aliphatic rings. The van der Waals surface area contributed by atoms with Gasteiger partial charge in [-0.25, -0.2) is 4.79 Å². The third-order valence-corrected chi connectivity index (χ3v) is 3.68. The first-order valence-electron chi connectivity index (χ1n) is 9.30. The third-order valence-electron chi connectivity index (χ3n) is 3.68. The fraction of sp³-hybridized carbons (Fsp3) is 0.600. The van der Waals surface area contributed by atoms with Crippen molar-refractivity contribution in [2.45, 2.75) is 51.9 Å². The molecule has 10 heteroatoms. The predicted molar refractivity (Wildman–Crippen MR) is 103 cm³/mol. The first-order valence-corrected chi connectivity index (χ1v) is 9.30. The van der Waals surface area contributed by atoms with E-state index in [1.807, 2.05) is 0 Å². The fourth-order valence-corrected chi connectivity index (χ4v) is 2.35. The second-order valence-corrected chi connectivity index (χ2v) is 7.50. The van der Waals surface area contributed by atoms with Crippen molar-refractivity contribution >= 4 is 12.1 Å². The van der Waals surface area contributed by atoms with Gasteiger partial charge in [-0.05, 0) is 39.8 Å². The molecule has 170 valence electrons. The topological polar surface area (TPSA) is 74.3 Å². The van der Waals surface area contributed by atoms with Crippen LogP contribution in [-0.4, -0.2) is 61.6 Å². The molecule has 1 amide bonds. The maximum absolute atomic E-state index is 12.5. The van der Waals surface area contributed by atoms with Crippen LogP contribution in [0.5, 0.6) is 11.5 Å². The number of alkyl halides is 3. The highest BCUT2D eigenvalue weighted by Gasteiger charge is 2.29. The van der Waals surface area contributed by atoms with E-state index in [2.05, 4.69) is 4.74 Å². The molecule has 7 nitrogen and oxygen atoms in total. The minimum absolute atomic E-state index is 0.0285. The predicted octanol–water partition coefficient (Wildman–Crippen LogP) is 4.20. The average Bonchev–Trinajstić information content (AvgIpc) is 2.61. The molecule has 0 unspecified atom stereocenters. The van der Waals surface area contributed by atoms with E-state index in [0.717, 1.165) is 0 Å². The SMILES string of the molecule is COC(=O)C[C@@H](C)N(CCOc1ccccc1OCC(F)(F)F)C(=O)OC(C)(C)C. The number of nitrogens with zero attached hydrogens (tertiary/aromatic N) is 1. The quantitative estimate of drug-likeness (QED) is 0.542. The zero-order chi connectivity index (χ0) is 22.9. The molecule has 0 aromatic heterocycles. The number of hydrogen-bond donors (Lipinski definition) is 0. The third kappa shape index (κ3) is 9.71. The monoisotopic (exact) mass is 435 g/mol. The van der Waals surface area contributed by atoms with Gasteiger partial charge >= 0.3 is 18.2 Å². The Morgan fingerprint density at radius 2 is 1.63 bits per heavy atom. The normalized spacial score (nSPS) is 12.7. The summed E-state index contributed by atoms with van der Waals surface area (Å²) in [6.07, 6.45) is -5.19. The van der Waals surface area contributed by atoms with Crippen LogP contribution in [0.25, 0.3) is 0 Å². The summed E-state index contributed by atoms with van der Waals surface area (Å²) in [5, 5.41) is 0. The number of hydrogen-bond acceptors (Lipinski definition) is 6. The van der Waals surface area contributed by atoms with Crippen molar-refractivity contribution in [3.8, 4) is 11.5 Å². The van der Waals surface area contributed by atoms with Crippen LogP contribution in [0.3, 0.4) is 0 Å². The molecule has 0 spiro atoms. The van der Waals surface area contributed by atoms with E-state index in [9.17, 15) is 22.8 Å². The molecule has 0 aliphatic heterocycles. The van der Waals surface area contributed by atoms with Crippen LogP contribution in [-0.2, 0) is 14.3 Å². The van der Waals surface area contributed by atoms with Crippen molar-refractivity contribution in [2.75, 3.05) is 26.9 Å². The summed E-state index contributed by atoms with van der Waals surface area (Å²) in [5.74, 6) is -0.462. The minimum atomic E-state index is -4.48. The number of carbonyl (C=O) groups excluding carboxylic acids is 2. The van der Waals surface area contributed by atoms with Crippen LogP contribution in [0.15, 0.2) is 24.3 Å². The summed E-state index contributed by atoms with van der Waals surface area (Å²) >= 11 is 0. The molecule has 1 rings (SSSR count). The first-order chi connectivity index (χ1) is 13.8. The van der Waals surface area contributed by atoms with Crippen molar-refractivity contribution < 1.29 is 41.7 Å². The number of benzene rings is 1. The van der Waals surface area contributed by atoms with Gasteiger partial charge in [0.25, 0.3) is 0 Å². The van der Waals surface area contributed by atoms with E-state index in [1.54, 1.807) is 33.8 Å². The number of methoxy groups -OCH3 is 1. The highest BCUT2D eigenvalue weighted by Crippen LogP contribution is 2.28. The molecular formula is C20H28F3NO6. The Morgan fingerprint density at radius 3 is 2.13 bits per heavy atom. The zero-order valence-electron chi connectivity index (χ0n) is 17.7. The molecule has 0 heterocycles. The van der Waals surface area contributed by atoms with Gasteiger partial charge in [0.1, 0.15) is 12.2 Å². The number of amides is 1. The summed E-state index contributed by atoms with van der Waals surface area (Å²) < 4.78 is 57.6. The van der Waals surface area contributed by atoms with Gasteiger partial charge in [0.2, 0.25) is 0 Å². The van der Waals surface area contributed by atoms with Crippen LogP contribution in [0.2, 0.25) is 0 Å². The number of ether oxygens (including phenoxy) is 4. The van der Waals surface area contributed by atoms with Crippen molar-refractivity contribution in [3.63, 3.8) is 0 Å². The fourth-order valence-electron chi connectivity index (χ4n) is 2.35. The van der Waals surface area contributed by atoms with Gasteiger partial charge in [-0.2, -0.15) is 13.2 Å². The standard InChI is InChI=1S/C20H28F3NO6/c1-14(12-17(25)27-5)24(18(26)30-19(2,3)4)10-11-28-15-8-6-7-9-16(15)29-13-20(21,22)23/h6-9,14H,10-13H2,1-5H3/t14-/m1/s1. The number of carbonyl (C=O) groups is 2. The van der Waals surface area contributed by atoms with Crippen molar-refractivity contribution in [1.29, 1.82) is 0 Å². The van der Waals surface area contributed by atoms with E-state index < -0.39 is 36.5 Å². The lowest BCUT2D eigenvalue weighted by Gasteiger charge is -2.31. The summed E-state index contributed by atoms with van der Waals surface area (Å²) in [6, 6.07) is 5.37. The second-order valence-electron chi connectivity index (χ2n) is 7.50. The number of para-hydroxylation sites is 2. The molecule has 0 bridgehead atoms. The van der Waals surface area contributed by atoms with E-state index in [1.165, 1.54) is 30.2 Å². The number of halogens is 3. The van der Waals surface area contributed by atoms with E-state index in [-0.39, 0.29) is 31.1 Å². The molecule has 0 saturated heterocycles. The molecule has 0 saturated carbocycles.